The van der Waals surface area contributed by atoms with Gasteiger partial charge < -0.3 is 15.1 Å². The second kappa shape index (κ2) is 10.7. The zero-order valence-electron chi connectivity index (χ0n) is 19.2. The Morgan fingerprint density at radius 1 is 1.03 bits per heavy atom. The van der Waals surface area contributed by atoms with Gasteiger partial charge in [0.05, 0.1) is 0 Å². The molecule has 0 spiro atoms. The van der Waals surface area contributed by atoms with Crippen molar-refractivity contribution in [1.82, 2.24) is 15.1 Å². The largest absolute Gasteiger partial charge is 0.350 e. The van der Waals surface area contributed by atoms with Crippen molar-refractivity contribution in [2.24, 2.45) is 0 Å². The average molecular weight is 494 g/mol. The number of benzene rings is 3. The molecule has 1 unspecified atom stereocenters. The highest BCUT2D eigenvalue weighted by atomic mass is 35.5. The first kappa shape index (κ1) is 24.4. The molecule has 1 aliphatic heterocycles. The minimum atomic E-state index is -1.17. The molecule has 6 nitrogen and oxygen atoms in total. The number of carbonyl (C=O) groups is 3. The van der Waals surface area contributed by atoms with Gasteiger partial charge in [0, 0.05) is 23.7 Å². The van der Waals surface area contributed by atoms with Gasteiger partial charge in [-0.3, -0.25) is 14.4 Å². The Morgan fingerprint density at radius 3 is 2.43 bits per heavy atom. The van der Waals surface area contributed by atoms with Crippen LogP contribution in [0, 0.1) is 12.7 Å². The fraction of sp³-hybridized carbons (Fsp3) is 0.222. The summed E-state index contributed by atoms with van der Waals surface area (Å²) in [6.07, 6.45) is 0. The molecule has 1 saturated heterocycles. The molecule has 1 atom stereocenters. The third-order valence-electron chi connectivity index (χ3n) is 5.95. The summed E-state index contributed by atoms with van der Waals surface area (Å²) in [5, 5.41) is 3.25. The van der Waals surface area contributed by atoms with Gasteiger partial charge in [0.2, 0.25) is 11.8 Å². The number of aryl methyl sites for hydroxylation is 1. The van der Waals surface area contributed by atoms with Gasteiger partial charge in [0.1, 0.15) is 24.9 Å². The molecule has 3 amide bonds. The molecule has 3 aromatic carbocycles. The second-order valence-corrected chi connectivity index (χ2v) is 8.90. The topological polar surface area (TPSA) is 69.7 Å². The van der Waals surface area contributed by atoms with E-state index in [-0.39, 0.29) is 37.6 Å². The lowest BCUT2D eigenvalue weighted by Crippen LogP contribution is -2.57. The Labute approximate surface area is 208 Å². The molecule has 0 bridgehead atoms. The molecule has 1 heterocycles. The van der Waals surface area contributed by atoms with E-state index in [1.54, 1.807) is 24.3 Å². The van der Waals surface area contributed by atoms with Crippen molar-refractivity contribution in [1.29, 1.82) is 0 Å². The number of nitrogens with zero attached hydrogens (tertiary/aromatic N) is 2. The Balaban J connectivity index is 1.54. The summed E-state index contributed by atoms with van der Waals surface area (Å²) in [7, 11) is 0. The van der Waals surface area contributed by atoms with Gasteiger partial charge in [0.15, 0.2) is 0 Å². The van der Waals surface area contributed by atoms with Crippen LogP contribution in [0.5, 0.6) is 0 Å². The number of halogens is 2. The van der Waals surface area contributed by atoms with Crippen molar-refractivity contribution in [3.05, 3.63) is 106 Å². The van der Waals surface area contributed by atoms with Crippen LogP contribution in [0.1, 0.15) is 28.3 Å². The minimum absolute atomic E-state index is 0.0964. The van der Waals surface area contributed by atoms with Crippen molar-refractivity contribution in [3.63, 3.8) is 0 Å². The summed E-state index contributed by atoms with van der Waals surface area (Å²) in [5.74, 6) is -1.89. The maximum absolute atomic E-state index is 14.8. The fourth-order valence-electron chi connectivity index (χ4n) is 4.05. The number of rotatable bonds is 7. The van der Waals surface area contributed by atoms with Crippen LogP contribution in [0.3, 0.4) is 0 Å². The Kier molecular flexibility index (Phi) is 7.46. The van der Waals surface area contributed by atoms with Crippen molar-refractivity contribution in [2.75, 3.05) is 13.1 Å². The zero-order chi connectivity index (χ0) is 24.9. The molecular formula is C27H25ClFN3O3. The predicted octanol–water partition coefficient (Wildman–Crippen LogP) is 4.02. The molecule has 35 heavy (non-hydrogen) atoms. The lowest BCUT2D eigenvalue weighted by atomic mass is 9.99. The number of piperazine rings is 1. The average Bonchev–Trinajstić information content (AvgIpc) is 2.84. The zero-order valence-corrected chi connectivity index (χ0v) is 20.0. The van der Waals surface area contributed by atoms with Crippen LogP contribution in [0.15, 0.2) is 72.8 Å². The Morgan fingerprint density at radius 2 is 1.71 bits per heavy atom. The van der Waals surface area contributed by atoms with E-state index >= 15 is 0 Å². The first-order valence-electron chi connectivity index (χ1n) is 11.2. The summed E-state index contributed by atoms with van der Waals surface area (Å²) in [4.78, 5) is 41.9. The van der Waals surface area contributed by atoms with Gasteiger partial charge in [-0.05, 0) is 30.2 Å². The first-order chi connectivity index (χ1) is 16.8. The summed E-state index contributed by atoms with van der Waals surface area (Å²) in [6, 6.07) is 19.4. The predicted molar refractivity (Wildman–Crippen MR) is 131 cm³/mol. The van der Waals surface area contributed by atoms with Crippen LogP contribution < -0.4 is 5.32 Å². The van der Waals surface area contributed by atoms with E-state index in [9.17, 15) is 18.8 Å². The molecule has 8 heteroatoms. The highest BCUT2D eigenvalue weighted by molar-refractivity contribution is 6.31. The number of hydrogen-bond acceptors (Lipinski definition) is 3. The third-order valence-corrected chi connectivity index (χ3v) is 6.31. The lowest BCUT2D eigenvalue weighted by molar-refractivity contribution is -0.158. The van der Waals surface area contributed by atoms with Crippen molar-refractivity contribution in [2.45, 2.75) is 26.1 Å². The van der Waals surface area contributed by atoms with Gasteiger partial charge in [-0.25, -0.2) is 4.39 Å². The van der Waals surface area contributed by atoms with Gasteiger partial charge >= 0.3 is 0 Å². The van der Waals surface area contributed by atoms with Crippen LogP contribution in [0.2, 0.25) is 5.02 Å². The van der Waals surface area contributed by atoms with Crippen LogP contribution >= 0.6 is 11.6 Å². The maximum Gasteiger partial charge on any atom is 0.251 e. The standard InChI is InChI=1S/C27H25ClFN3O3/c1-18-10-12-19(13-11-18)15-32-25(34)17-31(27(35)26(32)21-7-3-5-9-23(21)29)16-24(33)30-14-20-6-2-4-8-22(20)28/h2-13,26H,14-17H2,1H3,(H,30,33). The van der Waals surface area contributed by atoms with Crippen LogP contribution in [-0.4, -0.2) is 40.6 Å². The smallest absolute Gasteiger partial charge is 0.251 e. The highest BCUT2D eigenvalue weighted by Gasteiger charge is 2.42. The maximum atomic E-state index is 14.8. The van der Waals surface area contributed by atoms with Crippen molar-refractivity contribution >= 4 is 29.3 Å². The molecule has 180 valence electrons. The van der Waals surface area contributed by atoms with Gasteiger partial charge in [0.25, 0.3) is 5.91 Å². The molecule has 3 aromatic rings. The van der Waals surface area contributed by atoms with Crippen LogP contribution in [0.25, 0.3) is 0 Å². The van der Waals surface area contributed by atoms with E-state index in [4.69, 9.17) is 11.6 Å². The molecule has 0 aromatic heterocycles. The van der Waals surface area contributed by atoms with Gasteiger partial charge in [-0.2, -0.15) is 0 Å². The van der Waals surface area contributed by atoms with E-state index in [2.05, 4.69) is 5.32 Å². The normalized spacial score (nSPS) is 15.9. The lowest BCUT2D eigenvalue weighted by Gasteiger charge is -2.40. The molecule has 0 radical (unpaired) electrons. The molecule has 0 aliphatic carbocycles. The first-order valence-corrected chi connectivity index (χ1v) is 11.6. The Bertz CT molecular complexity index is 1250. The van der Waals surface area contributed by atoms with E-state index < -0.39 is 23.7 Å². The van der Waals surface area contributed by atoms with Crippen molar-refractivity contribution < 1.29 is 18.8 Å². The third kappa shape index (κ3) is 5.69. The van der Waals surface area contributed by atoms with Crippen LogP contribution in [0.4, 0.5) is 4.39 Å². The highest BCUT2D eigenvalue weighted by Crippen LogP contribution is 2.31. The van der Waals surface area contributed by atoms with Gasteiger partial charge in [-0.15, -0.1) is 0 Å². The van der Waals surface area contributed by atoms with Crippen LogP contribution in [-0.2, 0) is 27.5 Å². The summed E-state index contributed by atoms with van der Waals surface area (Å²) < 4.78 is 14.8. The molecule has 1 N–H and O–H groups in total. The molecule has 4 rings (SSSR count). The van der Waals surface area contributed by atoms with E-state index in [1.165, 1.54) is 28.0 Å². The van der Waals surface area contributed by atoms with Gasteiger partial charge in [-0.1, -0.05) is 77.8 Å². The Hall–Kier alpha value is -3.71. The summed E-state index contributed by atoms with van der Waals surface area (Å²) >= 11 is 6.13. The molecular weight excluding hydrogens is 469 g/mol. The number of amides is 3. The van der Waals surface area contributed by atoms with Crippen molar-refractivity contribution in [3.8, 4) is 0 Å². The van der Waals surface area contributed by atoms with E-state index in [1.807, 2.05) is 37.3 Å². The summed E-state index contributed by atoms with van der Waals surface area (Å²) in [6.45, 7) is 1.70. The molecule has 1 aliphatic rings. The number of hydrogen-bond donors (Lipinski definition) is 1. The molecule has 0 saturated carbocycles. The minimum Gasteiger partial charge on any atom is -0.350 e. The monoisotopic (exact) mass is 493 g/mol. The number of nitrogens with one attached hydrogen (secondary N) is 1. The van der Waals surface area contributed by atoms with E-state index in [0.29, 0.717) is 5.02 Å². The molecule has 1 fully saturated rings. The number of carbonyl (C=O) groups excluding carboxylic acids is 3. The van der Waals surface area contributed by atoms with E-state index in [0.717, 1.165) is 16.7 Å². The summed E-state index contributed by atoms with van der Waals surface area (Å²) in [5.41, 5.74) is 2.72. The second-order valence-electron chi connectivity index (χ2n) is 8.49. The fourth-order valence-corrected chi connectivity index (χ4v) is 4.25. The SMILES string of the molecule is Cc1ccc(CN2C(=O)CN(CC(=O)NCc3ccccc3Cl)C(=O)C2c2ccccc2F)cc1. The quantitative estimate of drug-likeness (QED) is 0.540.